The van der Waals surface area contributed by atoms with E-state index >= 15 is 0 Å². The van der Waals surface area contributed by atoms with Crippen LogP contribution in [0.3, 0.4) is 0 Å². The van der Waals surface area contributed by atoms with Crippen LogP contribution in [0, 0.1) is 18.3 Å². The molecule has 1 unspecified atom stereocenters. The van der Waals surface area contributed by atoms with Crippen molar-refractivity contribution in [2.45, 2.75) is 52.1 Å². The molecular weight excluding hydrogens is 258 g/mol. The summed E-state index contributed by atoms with van der Waals surface area (Å²) in [6.07, 6.45) is 5.10. The molecule has 0 aromatic heterocycles. The molecule has 3 nitrogen and oxygen atoms in total. The Morgan fingerprint density at radius 1 is 1.43 bits per heavy atom. The first-order valence-corrected chi connectivity index (χ1v) is 8.18. The van der Waals surface area contributed by atoms with Crippen molar-refractivity contribution in [3.05, 3.63) is 34.9 Å². The first kappa shape index (κ1) is 16.0. The van der Waals surface area contributed by atoms with E-state index in [1.807, 2.05) is 12.1 Å². The second-order valence-corrected chi connectivity index (χ2v) is 6.14. The predicted octanol–water partition coefficient (Wildman–Crippen LogP) is 3.22. The number of nitrogens with one attached hydrogen (secondary N) is 1. The van der Waals surface area contributed by atoms with Gasteiger partial charge in [0, 0.05) is 19.1 Å². The summed E-state index contributed by atoms with van der Waals surface area (Å²) in [6.45, 7) is 8.83. The molecule has 0 aliphatic carbocycles. The lowest BCUT2D eigenvalue weighted by Crippen LogP contribution is -2.37. The highest BCUT2D eigenvalue weighted by molar-refractivity contribution is 5.37. The quantitative estimate of drug-likeness (QED) is 0.836. The van der Waals surface area contributed by atoms with Gasteiger partial charge in [0.15, 0.2) is 0 Å². The zero-order chi connectivity index (χ0) is 15.1. The summed E-state index contributed by atoms with van der Waals surface area (Å²) in [5.74, 6) is 0. The highest BCUT2D eigenvalue weighted by Gasteiger charge is 2.18. The zero-order valence-corrected chi connectivity index (χ0v) is 13.4. The van der Waals surface area contributed by atoms with Crippen molar-refractivity contribution in [3.63, 3.8) is 0 Å². The average Bonchev–Trinajstić information content (AvgIpc) is 2.99. The molecule has 1 heterocycles. The zero-order valence-electron chi connectivity index (χ0n) is 13.4. The maximum atomic E-state index is 8.97. The van der Waals surface area contributed by atoms with Crippen molar-refractivity contribution in [2.75, 3.05) is 19.6 Å². The fourth-order valence-corrected chi connectivity index (χ4v) is 3.02. The summed E-state index contributed by atoms with van der Waals surface area (Å²) in [5, 5.41) is 12.6. The molecule has 1 N–H and O–H groups in total. The molecule has 1 aliphatic rings. The summed E-state index contributed by atoms with van der Waals surface area (Å²) in [7, 11) is 0. The Bertz CT molecular complexity index is 484. The van der Waals surface area contributed by atoms with Gasteiger partial charge < -0.3 is 5.32 Å². The predicted molar refractivity (Wildman–Crippen MR) is 87.1 cm³/mol. The lowest BCUT2D eigenvalue weighted by molar-refractivity contribution is 0.237. The van der Waals surface area contributed by atoms with Crippen LogP contribution in [0.4, 0.5) is 0 Å². The second-order valence-electron chi connectivity index (χ2n) is 6.14. The molecule has 0 saturated carbocycles. The summed E-state index contributed by atoms with van der Waals surface area (Å²) in [4.78, 5) is 2.57. The van der Waals surface area contributed by atoms with Gasteiger partial charge in [0.25, 0.3) is 0 Å². The van der Waals surface area contributed by atoms with Crippen molar-refractivity contribution in [1.82, 2.24) is 10.2 Å². The number of nitrogens with zero attached hydrogens (tertiary/aromatic N) is 2. The maximum Gasteiger partial charge on any atom is 0.0991 e. The van der Waals surface area contributed by atoms with Crippen molar-refractivity contribution < 1.29 is 0 Å². The van der Waals surface area contributed by atoms with Crippen LogP contribution < -0.4 is 5.32 Å². The molecule has 1 aromatic rings. The number of hydrogen-bond donors (Lipinski definition) is 1. The van der Waals surface area contributed by atoms with Gasteiger partial charge in [-0.3, -0.25) is 4.90 Å². The normalized spacial score (nSPS) is 18.1. The van der Waals surface area contributed by atoms with E-state index in [0.717, 1.165) is 25.2 Å². The first-order valence-electron chi connectivity index (χ1n) is 8.18. The highest BCUT2D eigenvalue weighted by atomic mass is 15.1. The smallest absolute Gasteiger partial charge is 0.0991 e. The lowest BCUT2D eigenvalue weighted by Gasteiger charge is -2.26. The van der Waals surface area contributed by atoms with Crippen molar-refractivity contribution in [3.8, 4) is 6.07 Å². The lowest BCUT2D eigenvalue weighted by atomic mass is 10.0. The van der Waals surface area contributed by atoms with Crippen LogP contribution in [0.1, 0.15) is 49.3 Å². The molecule has 1 aliphatic heterocycles. The van der Waals surface area contributed by atoms with Gasteiger partial charge in [-0.15, -0.1) is 0 Å². The van der Waals surface area contributed by atoms with E-state index in [2.05, 4.69) is 36.2 Å². The molecule has 2 rings (SSSR count). The monoisotopic (exact) mass is 285 g/mol. The minimum atomic E-state index is 0.653. The number of unbranched alkanes of at least 4 members (excludes halogenated alkanes) is 1. The summed E-state index contributed by atoms with van der Waals surface area (Å²) >= 11 is 0. The van der Waals surface area contributed by atoms with E-state index in [9.17, 15) is 0 Å². The highest BCUT2D eigenvalue weighted by Crippen LogP contribution is 2.15. The molecule has 1 aromatic carbocycles. The van der Waals surface area contributed by atoms with E-state index in [4.69, 9.17) is 5.26 Å². The Labute approximate surface area is 129 Å². The molecular formula is C18H27N3. The third-order valence-electron chi connectivity index (χ3n) is 4.33. The number of hydrogen-bond acceptors (Lipinski definition) is 3. The van der Waals surface area contributed by atoms with Crippen LogP contribution in [0.15, 0.2) is 18.2 Å². The summed E-state index contributed by atoms with van der Waals surface area (Å²) < 4.78 is 0. The maximum absolute atomic E-state index is 8.97. The van der Waals surface area contributed by atoms with Gasteiger partial charge in [0.05, 0.1) is 11.6 Å². The topological polar surface area (TPSA) is 39.1 Å². The van der Waals surface area contributed by atoms with Crippen LogP contribution in [0.5, 0.6) is 0 Å². The van der Waals surface area contributed by atoms with Gasteiger partial charge in [0.2, 0.25) is 0 Å². The van der Waals surface area contributed by atoms with Crippen molar-refractivity contribution in [2.24, 2.45) is 0 Å². The standard InChI is InChI=1S/C18H27N3/c1-3-4-10-21(14-18-6-5-9-20-18)13-17-8-7-16(12-19)11-15(17)2/h7-8,11,18,20H,3-6,9-10,13-14H2,1-2H3. The first-order chi connectivity index (χ1) is 10.2. The second kappa shape index (κ2) is 8.17. The number of rotatable bonds is 7. The Morgan fingerprint density at radius 2 is 2.29 bits per heavy atom. The van der Waals surface area contributed by atoms with Crippen LogP contribution in [0.25, 0.3) is 0 Å². The Kier molecular flexibility index (Phi) is 6.22. The van der Waals surface area contributed by atoms with E-state index < -0.39 is 0 Å². The van der Waals surface area contributed by atoms with Gasteiger partial charge in [-0.2, -0.15) is 5.26 Å². The fourth-order valence-electron chi connectivity index (χ4n) is 3.02. The van der Waals surface area contributed by atoms with E-state index in [-0.39, 0.29) is 0 Å². The van der Waals surface area contributed by atoms with E-state index in [0.29, 0.717) is 6.04 Å². The third kappa shape index (κ3) is 4.84. The third-order valence-corrected chi connectivity index (χ3v) is 4.33. The Hall–Kier alpha value is -1.37. The summed E-state index contributed by atoms with van der Waals surface area (Å²) in [5.41, 5.74) is 3.34. The molecule has 0 spiro atoms. The largest absolute Gasteiger partial charge is 0.313 e. The van der Waals surface area contributed by atoms with E-state index in [1.54, 1.807) is 0 Å². The number of aryl methyl sites for hydroxylation is 1. The SMILES string of the molecule is CCCCN(Cc1ccc(C#N)cc1C)CC1CCCN1. The fraction of sp³-hybridized carbons (Fsp3) is 0.611. The number of benzene rings is 1. The molecule has 21 heavy (non-hydrogen) atoms. The molecule has 0 amide bonds. The molecule has 3 heteroatoms. The minimum absolute atomic E-state index is 0.653. The molecule has 1 atom stereocenters. The molecule has 0 radical (unpaired) electrons. The van der Waals surface area contributed by atoms with E-state index in [1.165, 1.54) is 43.4 Å². The minimum Gasteiger partial charge on any atom is -0.313 e. The van der Waals surface area contributed by atoms with Gasteiger partial charge >= 0.3 is 0 Å². The van der Waals surface area contributed by atoms with Gasteiger partial charge in [0.1, 0.15) is 0 Å². The Balaban J connectivity index is 2.01. The molecule has 114 valence electrons. The van der Waals surface area contributed by atoms with Gasteiger partial charge in [-0.05, 0) is 62.5 Å². The molecule has 1 fully saturated rings. The van der Waals surface area contributed by atoms with Crippen LogP contribution in [0.2, 0.25) is 0 Å². The summed E-state index contributed by atoms with van der Waals surface area (Å²) in [6, 6.07) is 8.93. The van der Waals surface area contributed by atoms with Crippen LogP contribution >= 0.6 is 0 Å². The molecule has 0 bridgehead atoms. The molecule has 1 saturated heterocycles. The Morgan fingerprint density at radius 3 is 2.90 bits per heavy atom. The van der Waals surface area contributed by atoms with Gasteiger partial charge in [-0.25, -0.2) is 0 Å². The van der Waals surface area contributed by atoms with Gasteiger partial charge in [-0.1, -0.05) is 19.4 Å². The van der Waals surface area contributed by atoms with Crippen LogP contribution in [-0.2, 0) is 6.54 Å². The average molecular weight is 285 g/mol. The van der Waals surface area contributed by atoms with Crippen molar-refractivity contribution in [1.29, 1.82) is 5.26 Å². The van der Waals surface area contributed by atoms with Crippen molar-refractivity contribution >= 4 is 0 Å². The number of nitriles is 1. The van der Waals surface area contributed by atoms with Crippen LogP contribution in [-0.4, -0.2) is 30.6 Å².